The fourth-order valence-electron chi connectivity index (χ4n) is 9.97. The number of fused-ring (bicyclic) bond motifs is 5. The average molecular weight is 826 g/mol. The predicted molar refractivity (Wildman–Crippen MR) is 278 cm³/mol. The lowest BCUT2D eigenvalue weighted by atomic mass is 9.84. The van der Waals surface area contributed by atoms with Crippen LogP contribution in [-0.2, 0) is 0 Å². The van der Waals surface area contributed by atoms with E-state index < -0.39 is 0 Å². The Kier molecular flexibility index (Phi) is 9.58. The van der Waals surface area contributed by atoms with Crippen molar-refractivity contribution in [3.05, 3.63) is 261 Å². The molecule has 12 aromatic carbocycles. The fourth-order valence-corrected chi connectivity index (χ4v) is 9.97. The van der Waals surface area contributed by atoms with Crippen LogP contribution in [0.25, 0.3) is 98.7 Å². The lowest BCUT2D eigenvalue weighted by Gasteiger charge is -2.29. The van der Waals surface area contributed by atoms with Gasteiger partial charge in [-0.05, 0) is 136 Å². The molecule has 65 heavy (non-hydrogen) atoms. The van der Waals surface area contributed by atoms with Gasteiger partial charge in [-0.2, -0.15) is 0 Å². The number of hydrogen-bond acceptors (Lipinski definition) is 1. The molecule has 0 radical (unpaired) electrons. The Morgan fingerprint density at radius 3 is 1.52 bits per heavy atom. The summed E-state index contributed by atoms with van der Waals surface area (Å²) in [5, 5.41) is 9.93. The van der Waals surface area contributed by atoms with Gasteiger partial charge in [-0.3, -0.25) is 0 Å². The first-order chi connectivity index (χ1) is 32.2. The average Bonchev–Trinajstić information content (AvgIpc) is 3.39. The maximum atomic E-state index is 2.44. The SMILES string of the molecule is c1ccc(-c2c(-c3ccccc3)c3cc(-c4ccccc4N(c4ccc(-c5cccc6ccccc56)cc4)c4cccc(-c5ccc6ccccc6c5)c4)ccc3c3ccccc23)cc1. The van der Waals surface area contributed by atoms with Gasteiger partial charge in [-0.15, -0.1) is 0 Å². The highest BCUT2D eigenvalue weighted by atomic mass is 15.1. The lowest BCUT2D eigenvalue weighted by molar-refractivity contribution is 1.28. The topological polar surface area (TPSA) is 3.24 Å². The van der Waals surface area contributed by atoms with Gasteiger partial charge in [-0.25, -0.2) is 0 Å². The summed E-state index contributed by atoms with van der Waals surface area (Å²) in [6.45, 7) is 0. The Hall–Kier alpha value is -8.52. The van der Waals surface area contributed by atoms with Gasteiger partial charge in [0.15, 0.2) is 0 Å². The summed E-state index contributed by atoms with van der Waals surface area (Å²) >= 11 is 0. The monoisotopic (exact) mass is 825 g/mol. The molecule has 1 heteroatoms. The molecule has 0 aliphatic carbocycles. The predicted octanol–water partition coefficient (Wildman–Crippen LogP) is 18.1. The van der Waals surface area contributed by atoms with Gasteiger partial charge in [0.2, 0.25) is 0 Å². The van der Waals surface area contributed by atoms with Gasteiger partial charge in [0, 0.05) is 16.9 Å². The highest BCUT2D eigenvalue weighted by Gasteiger charge is 2.21. The zero-order valence-electron chi connectivity index (χ0n) is 35.8. The van der Waals surface area contributed by atoms with Crippen molar-refractivity contribution in [3.63, 3.8) is 0 Å². The largest absolute Gasteiger partial charge is 0.310 e. The van der Waals surface area contributed by atoms with E-state index in [0.717, 1.165) is 28.2 Å². The van der Waals surface area contributed by atoms with E-state index >= 15 is 0 Å². The van der Waals surface area contributed by atoms with Crippen LogP contribution < -0.4 is 4.90 Å². The van der Waals surface area contributed by atoms with Crippen LogP contribution in [0, 0.1) is 0 Å². The molecule has 0 spiro atoms. The van der Waals surface area contributed by atoms with E-state index in [4.69, 9.17) is 0 Å². The van der Waals surface area contributed by atoms with E-state index in [9.17, 15) is 0 Å². The second-order valence-corrected chi connectivity index (χ2v) is 16.8. The zero-order valence-corrected chi connectivity index (χ0v) is 35.8. The van der Waals surface area contributed by atoms with Crippen LogP contribution in [-0.4, -0.2) is 0 Å². The number of para-hydroxylation sites is 1. The van der Waals surface area contributed by atoms with Crippen molar-refractivity contribution in [1.82, 2.24) is 0 Å². The molecule has 0 saturated heterocycles. The summed E-state index contributed by atoms with van der Waals surface area (Å²) in [7, 11) is 0. The highest BCUT2D eigenvalue weighted by molar-refractivity contribution is 6.22. The highest BCUT2D eigenvalue weighted by Crippen LogP contribution is 2.48. The van der Waals surface area contributed by atoms with Crippen molar-refractivity contribution in [1.29, 1.82) is 0 Å². The van der Waals surface area contributed by atoms with Gasteiger partial charge < -0.3 is 4.90 Å². The Labute approximate surface area is 379 Å². The fraction of sp³-hybridized carbons (Fsp3) is 0. The summed E-state index contributed by atoms with van der Waals surface area (Å²) in [5.41, 5.74) is 15.3. The van der Waals surface area contributed by atoms with Crippen LogP contribution in [0.2, 0.25) is 0 Å². The van der Waals surface area contributed by atoms with Crippen LogP contribution >= 0.6 is 0 Å². The number of rotatable bonds is 8. The molecule has 1 nitrogen and oxygen atoms in total. The maximum Gasteiger partial charge on any atom is 0.0540 e. The summed E-state index contributed by atoms with van der Waals surface area (Å²) in [6.07, 6.45) is 0. The quantitative estimate of drug-likeness (QED) is 0.138. The minimum atomic E-state index is 1.08. The van der Waals surface area contributed by atoms with E-state index in [1.807, 2.05) is 0 Å². The van der Waals surface area contributed by atoms with E-state index in [2.05, 4.69) is 266 Å². The van der Waals surface area contributed by atoms with Gasteiger partial charge in [0.05, 0.1) is 5.69 Å². The van der Waals surface area contributed by atoms with Crippen LogP contribution in [0.4, 0.5) is 17.1 Å². The Morgan fingerprint density at radius 2 is 0.738 bits per heavy atom. The Balaban J connectivity index is 1.07. The molecule has 0 aliphatic heterocycles. The molecular formula is C64H43N. The maximum absolute atomic E-state index is 2.44. The summed E-state index contributed by atoms with van der Waals surface area (Å²) in [5.74, 6) is 0. The minimum absolute atomic E-state index is 1.08. The Morgan fingerprint density at radius 1 is 0.215 bits per heavy atom. The summed E-state index contributed by atoms with van der Waals surface area (Å²) < 4.78 is 0. The molecule has 0 unspecified atom stereocenters. The summed E-state index contributed by atoms with van der Waals surface area (Å²) in [4.78, 5) is 2.44. The third-order valence-corrected chi connectivity index (χ3v) is 13.0. The second kappa shape index (κ2) is 16.3. The van der Waals surface area contributed by atoms with Crippen LogP contribution in [0.15, 0.2) is 261 Å². The van der Waals surface area contributed by atoms with E-state index in [-0.39, 0.29) is 0 Å². The van der Waals surface area contributed by atoms with Crippen LogP contribution in [0.5, 0.6) is 0 Å². The van der Waals surface area contributed by atoms with Crippen molar-refractivity contribution < 1.29 is 0 Å². The molecule has 0 heterocycles. The lowest BCUT2D eigenvalue weighted by Crippen LogP contribution is -2.11. The first kappa shape index (κ1) is 38.2. The number of nitrogens with zero attached hydrogens (tertiary/aromatic N) is 1. The van der Waals surface area contributed by atoms with Gasteiger partial charge >= 0.3 is 0 Å². The van der Waals surface area contributed by atoms with Crippen LogP contribution in [0.1, 0.15) is 0 Å². The first-order valence-corrected chi connectivity index (χ1v) is 22.4. The molecule has 0 N–H and O–H groups in total. The molecular weight excluding hydrogens is 783 g/mol. The van der Waals surface area contributed by atoms with E-state index in [0.29, 0.717) is 0 Å². The normalized spacial score (nSPS) is 11.4. The molecule has 0 saturated carbocycles. The number of hydrogen-bond donors (Lipinski definition) is 0. The van der Waals surface area contributed by atoms with Crippen molar-refractivity contribution in [3.8, 4) is 55.6 Å². The number of anilines is 3. The molecule has 12 rings (SSSR count). The smallest absolute Gasteiger partial charge is 0.0540 e. The molecule has 0 aromatic heterocycles. The van der Waals surface area contributed by atoms with Gasteiger partial charge in [-0.1, -0.05) is 218 Å². The van der Waals surface area contributed by atoms with Gasteiger partial charge in [0.1, 0.15) is 0 Å². The molecule has 304 valence electrons. The second-order valence-electron chi connectivity index (χ2n) is 16.8. The molecule has 0 fully saturated rings. The number of benzene rings is 12. The summed E-state index contributed by atoms with van der Waals surface area (Å²) in [6, 6.07) is 95.4. The minimum Gasteiger partial charge on any atom is -0.310 e. The third-order valence-electron chi connectivity index (χ3n) is 13.0. The van der Waals surface area contributed by atoms with Crippen molar-refractivity contribution in [2.45, 2.75) is 0 Å². The van der Waals surface area contributed by atoms with Gasteiger partial charge in [0.25, 0.3) is 0 Å². The van der Waals surface area contributed by atoms with E-state index in [1.54, 1.807) is 0 Å². The van der Waals surface area contributed by atoms with E-state index in [1.165, 1.54) is 87.6 Å². The standard InChI is InChI=1S/C64H43N/c1-3-19-47(20-4-1)63-60-30-12-11-29-58(60)59-40-37-52(43-61(59)64(63)48-21-5-2-6-22-48)57-28-13-14-32-62(57)65(53-38-35-46(36-39-53)56-31-16-24-45-18-9-10-27-55(45)56)54-26-15-25-50(42-54)51-34-33-44-17-7-8-23-49(44)41-51/h1-43H. The molecule has 12 aromatic rings. The first-order valence-electron chi connectivity index (χ1n) is 22.4. The van der Waals surface area contributed by atoms with Crippen molar-refractivity contribution in [2.24, 2.45) is 0 Å². The molecule has 0 amide bonds. The van der Waals surface area contributed by atoms with Crippen LogP contribution in [0.3, 0.4) is 0 Å². The molecule has 0 atom stereocenters. The Bertz CT molecular complexity index is 3700. The molecule has 0 bridgehead atoms. The zero-order chi connectivity index (χ0) is 43.1. The van der Waals surface area contributed by atoms with Crippen molar-refractivity contribution >= 4 is 60.2 Å². The van der Waals surface area contributed by atoms with Crippen molar-refractivity contribution in [2.75, 3.05) is 4.90 Å². The molecule has 0 aliphatic rings. The third kappa shape index (κ3) is 6.92.